The van der Waals surface area contributed by atoms with Crippen LogP contribution in [0.1, 0.15) is 45.4 Å². The first-order chi connectivity index (χ1) is 7.22. The van der Waals surface area contributed by atoms with E-state index in [4.69, 9.17) is 8.23 Å². The van der Waals surface area contributed by atoms with Gasteiger partial charge in [0.2, 0.25) is 9.04 Å². The normalized spacial score (nSPS) is 13.7. The second kappa shape index (κ2) is 10.7. The number of unbranched alkanes of at least 4 members (excludes halogenated alkanes) is 4. The van der Waals surface area contributed by atoms with Gasteiger partial charge in [0.15, 0.2) is 0 Å². The van der Waals surface area contributed by atoms with Crippen LogP contribution in [0.2, 0.25) is 6.55 Å². The van der Waals surface area contributed by atoms with E-state index in [0.717, 1.165) is 23.3 Å². The second-order valence-corrected chi connectivity index (χ2v) is 9.65. The van der Waals surface area contributed by atoms with Gasteiger partial charge < -0.3 is 13.0 Å². The molecule has 0 aromatic carbocycles. The fourth-order valence-corrected chi connectivity index (χ4v) is 5.31. The van der Waals surface area contributed by atoms with Crippen LogP contribution in [0.3, 0.4) is 0 Å². The minimum atomic E-state index is -1.55. The van der Waals surface area contributed by atoms with Crippen LogP contribution in [-0.4, -0.2) is 34.9 Å². The fourth-order valence-electron chi connectivity index (χ4n) is 1.37. The van der Waals surface area contributed by atoms with Crippen molar-refractivity contribution < 1.29 is 13.0 Å². The van der Waals surface area contributed by atoms with Crippen LogP contribution in [-0.2, 0) is 13.0 Å². The molecule has 0 fully saturated rings. The molecule has 6 heteroatoms. The molecule has 0 aliphatic heterocycles. The van der Waals surface area contributed by atoms with E-state index in [1.54, 1.807) is 0 Å². The molecule has 1 atom stereocenters. The number of carbonyl (C=O) groups is 1. The van der Waals surface area contributed by atoms with Gasteiger partial charge >= 0.3 is 0 Å². The minimum absolute atomic E-state index is 0.373. The van der Waals surface area contributed by atoms with Gasteiger partial charge in [-0.2, -0.15) is 0 Å². The molecule has 0 aliphatic carbocycles. The van der Waals surface area contributed by atoms with Gasteiger partial charge in [-0.3, -0.25) is 0 Å². The van der Waals surface area contributed by atoms with Crippen molar-refractivity contribution in [1.29, 1.82) is 0 Å². The van der Waals surface area contributed by atoms with Crippen molar-refractivity contribution in [2.75, 3.05) is 0 Å². The molecule has 15 heavy (non-hydrogen) atoms. The number of hydrogen-bond acceptors (Lipinski definition) is 3. The van der Waals surface area contributed by atoms with Gasteiger partial charge in [0.25, 0.3) is 10.0 Å². The highest BCUT2D eigenvalue weighted by Crippen LogP contribution is 2.06. The third kappa shape index (κ3) is 9.19. The van der Waals surface area contributed by atoms with Crippen LogP contribution in [0, 0.1) is 0 Å². The molecule has 0 rings (SSSR count). The molecule has 0 aliphatic rings. The van der Waals surface area contributed by atoms with Gasteiger partial charge in [-0.15, -0.1) is 0 Å². The Kier molecular flexibility index (Phi) is 10.9. The lowest BCUT2D eigenvalue weighted by Gasteiger charge is -2.09. The standard InChI is InChI=1S/C9H24O3Si3/c1-3-4-5-6-7-8-9(10)15(2)12-14-11-13/h15H,3-8,14H2,1-2,13H3. The molecule has 0 aromatic heterocycles. The summed E-state index contributed by atoms with van der Waals surface area (Å²) in [6.07, 6.45) is 6.77. The molecule has 0 saturated carbocycles. The van der Waals surface area contributed by atoms with E-state index in [0.29, 0.717) is 5.41 Å². The molecule has 0 N–H and O–H groups in total. The maximum atomic E-state index is 11.6. The first-order valence-corrected chi connectivity index (χ1v) is 10.0. The fraction of sp³-hybridized carbons (Fsp3) is 0.889. The predicted molar refractivity (Wildman–Crippen MR) is 72.0 cm³/mol. The summed E-state index contributed by atoms with van der Waals surface area (Å²) in [6, 6.07) is 0. The SMILES string of the molecule is CCCCCCCC(=O)[SiH](C)O[SiH2]O[SiH3]. The zero-order valence-corrected chi connectivity index (χ0v) is 14.8. The molecule has 1 unspecified atom stereocenters. The molecule has 0 bridgehead atoms. The quantitative estimate of drug-likeness (QED) is 0.415. The van der Waals surface area contributed by atoms with Gasteiger partial charge in [0, 0.05) is 6.42 Å². The van der Waals surface area contributed by atoms with E-state index < -0.39 is 19.0 Å². The van der Waals surface area contributed by atoms with E-state index in [-0.39, 0.29) is 0 Å². The van der Waals surface area contributed by atoms with Gasteiger partial charge in [-0.1, -0.05) is 32.6 Å². The maximum Gasteiger partial charge on any atom is 0.283 e. The minimum Gasteiger partial charge on any atom is -0.449 e. The highest BCUT2D eigenvalue weighted by atomic mass is 28.4. The Morgan fingerprint density at radius 1 is 1.33 bits per heavy atom. The lowest BCUT2D eigenvalue weighted by atomic mass is 10.1. The van der Waals surface area contributed by atoms with E-state index in [2.05, 4.69) is 6.92 Å². The Labute approximate surface area is 100 Å². The van der Waals surface area contributed by atoms with E-state index in [9.17, 15) is 4.79 Å². The van der Waals surface area contributed by atoms with Crippen molar-refractivity contribution in [3.8, 4) is 0 Å². The number of carbonyl (C=O) groups excluding carboxylic acids is 1. The smallest absolute Gasteiger partial charge is 0.283 e. The average Bonchev–Trinajstić information content (AvgIpc) is 2.25. The van der Waals surface area contributed by atoms with Crippen LogP contribution < -0.4 is 0 Å². The first kappa shape index (κ1) is 15.2. The van der Waals surface area contributed by atoms with Crippen LogP contribution in [0.5, 0.6) is 0 Å². The summed E-state index contributed by atoms with van der Waals surface area (Å²) in [7, 11) is -1.61. The van der Waals surface area contributed by atoms with Crippen LogP contribution >= 0.6 is 0 Å². The van der Waals surface area contributed by atoms with Crippen molar-refractivity contribution in [3.63, 3.8) is 0 Å². The summed E-state index contributed by atoms with van der Waals surface area (Å²) in [5.41, 5.74) is 0. The maximum absolute atomic E-state index is 11.6. The van der Waals surface area contributed by atoms with Crippen molar-refractivity contribution in [3.05, 3.63) is 0 Å². The Hall–Kier alpha value is 0.241. The molecule has 0 amide bonds. The molecule has 3 nitrogen and oxygen atoms in total. The topological polar surface area (TPSA) is 35.5 Å². The monoisotopic (exact) mass is 264 g/mol. The zero-order chi connectivity index (χ0) is 11.5. The molecule has 90 valence electrons. The Morgan fingerprint density at radius 2 is 2.00 bits per heavy atom. The molecule has 0 heterocycles. The Bertz CT molecular complexity index is 167. The largest absolute Gasteiger partial charge is 0.449 e. The summed E-state index contributed by atoms with van der Waals surface area (Å²) >= 11 is 0. The highest BCUT2D eigenvalue weighted by molar-refractivity contribution is 6.86. The predicted octanol–water partition coefficient (Wildman–Crippen LogP) is 0.121. The van der Waals surface area contributed by atoms with Crippen molar-refractivity contribution >= 4 is 34.9 Å². The average molecular weight is 265 g/mol. The van der Waals surface area contributed by atoms with Gasteiger partial charge in [-0.25, -0.2) is 0 Å². The summed E-state index contributed by atoms with van der Waals surface area (Å²) in [4.78, 5) is 11.6. The lowest BCUT2D eigenvalue weighted by molar-refractivity contribution is -0.113. The van der Waals surface area contributed by atoms with Gasteiger partial charge in [0.1, 0.15) is 15.9 Å². The zero-order valence-electron chi connectivity index (χ0n) is 10.3. The third-order valence-electron chi connectivity index (χ3n) is 2.42. The first-order valence-electron chi connectivity index (χ1n) is 5.85. The highest BCUT2D eigenvalue weighted by Gasteiger charge is 2.14. The molecule has 0 radical (unpaired) electrons. The van der Waals surface area contributed by atoms with Crippen molar-refractivity contribution in [1.82, 2.24) is 0 Å². The molecule has 0 aromatic rings. The van der Waals surface area contributed by atoms with E-state index >= 15 is 0 Å². The van der Waals surface area contributed by atoms with Crippen LogP contribution in [0.25, 0.3) is 0 Å². The third-order valence-corrected chi connectivity index (χ3v) is 7.10. The Balaban J connectivity index is 3.38. The van der Waals surface area contributed by atoms with E-state index in [1.807, 2.05) is 6.55 Å². The molecular weight excluding hydrogens is 240 g/mol. The molecular formula is C9H24O3Si3. The lowest BCUT2D eigenvalue weighted by Crippen LogP contribution is -2.28. The molecule has 0 saturated heterocycles. The summed E-state index contributed by atoms with van der Waals surface area (Å²) < 4.78 is 10.5. The number of hydrogen-bond donors (Lipinski definition) is 0. The number of rotatable bonds is 10. The van der Waals surface area contributed by atoms with Crippen LogP contribution in [0.4, 0.5) is 0 Å². The summed E-state index contributed by atoms with van der Waals surface area (Å²) in [5.74, 6) is 0. The van der Waals surface area contributed by atoms with Crippen molar-refractivity contribution in [2.45, 2.75) is 52.0 Å². The molecule has 0 spiro atoms. The summed E-state index contributed by atoms with van der Waals surface area (Å²) in [5, 5.41) is 0.373. The Morgan fingerprint density at radius 3 is 2.60 bits per heavy atom. The second-order valence-electron chi connectivity index (χ2n) is 3.85. The summed E-state index contributed by atoms with van der Waals surface area (Å²) in [6.45, 7) is 4.18. The van der Waals surface area contributed by atoms with Crippen LogP contribution in [0.15, 0.2) is 0 Å². The van der Waals surface area contributed by atoms with Gasteiger partial charge in [-0.05, 0) is 13.0 Å². The van der Waals surface area contributed by atoms with E-state index in [1.165, 1.54) is 25.7 Å². The van der Waals surface area contributed by atoms with Gasteiger partial charge in [0.05, 0.1) is 0 Å². The van der Waals surface area contributed by atoms with Crippen molar-refractivity contribution in [2.24, 2.45) is 0 Å².